The van der Waals surface area contributed by atoms with E-state index in [1.54, 1.807) is 30.0 Å². The van der Waals surface area contributed by atoms with E-state index in [9.17, 15) is 14.9 Å². The van der Waals surface area contributed by atoms with Crippen molar-refractivity contribution in [2.45, 2.75) is 4.90 Å². The molecule has 2 rings (SSSR count). The molecule has 5 heteroatoms. The first-order valence-corrected chi connectivity index (χ1v) is 7.44. The number of nitro groups is 1. The van der Waals surface area contributed by atoms with E-state index in [4.69, 9.17) is 0 Å². The van der Waals surface area contributed by atoms with Crippen LogP contribution >= 0.6 is 11.8 Å². The lowest BCUT2D eigenvalue weighted by atomic mass is 10.1. The summed E-state index contributed by atoms with van der Waals surface area (Å²) < 4.78 is 0. The van der Waals surface area contributed by atoms with Crippen LogP contribution in [0.4, 0.5) is 5.69 Å². The maximum Gasteiger partial charge on any atom is 0.280 e. The first-order valence-electron chi connectivity index (χ1n) is 6.21. The molecule has 21 heavy (non-hydrogen) atoms. The Bertz CT molecular complexity index is 693. The van der Waals surface area contributed by atoms with Crippen LogP contribution in [-0.2, 0) is 0 Å². The lowest BCUT2D eigenvalue weighted by molar-refractivity contribution is -0.385. The predicted octanol–water partition coefficient (Wildman–Crippen LogP) is 4.21. The Labute approximate surface area is 126 Å². The van der Waals surface area contributed by atoms with E-state index < -0.39 is 4.92 Å². The van der Waals surface area contributed by atoms with Gasteiger partial charge in [0.15, 0.2) is 5.78 Å². The molecular formula is C16H13NO3S. The summed E-state index contributed by atoms with van der Waals surface area (Å²) in [5, 5.41) is 10.9. The SMILES string of the molecule is CSc1ccc(C=CC(=O)c2ccccc2[N+](=O)[O-])cc1. The molecule has 2 aromatic rings. The average molecular weight is 299 g/mol. The highest BCUT2D eigenvalue weighted by Crippen LogP contribution is 2.19. The van der Waals surface area contributed by atoms with Crippen LogP contribution in [0.1, 0.15) is 15.9 Å². The summed E-state index contributed by atoms with van der Waals surface area (Å²) in [5.41, 5.74) is 0.795. The number of nitro benzene ring substituents is 1. The summed E-state index contributed by atoms with van der Waals surface area (Å²) in [6.45, 7) is 0. The van der Waals surface area contributed by atoms with Crippen molar-refractivity contribution < 1.29 is 9.72 Å². The number of para-hydroxylation sites is 1. The molecule has 0 spiro atoms. The number of carbonyl (C=O) groups excluding carboxylic acids is 1. The van der Waals surface area contributed by atoms with Crippen LogP contribution < -0.4 is 0 Å². The smallest absolute Gasteiger partial charge is 0.280 e. The first kappa shape index (κ1) is 15.0. The number of allylic oxidation sites excluding steroid dienone is 1. The van der Waals surface area contributed by atoms with Gasteiger partial charge in [-0.05, 0) is 36.1 Å². The van der Waals surface area contributed by atoms with Crippen LogP contribution in [0.15, 0.2) is 59.5 Å². The largest absolute Gasteiger partial charge is 0.289 e. The predicted molar refractivity (Wildman–Crippen MR) is 84.7 cm³/mol. The van der Waals surface area contributed by atoms with Crippen molar-refractivity contribution in [2.24, 2.45) is 0 Å². The van der Waals surface area contributed by atoms with Gasteiger partial charge in [0, 0.05) is 11.0 Å². The number of benzene rings is 2. The molecule has 0 aliphatic heterocycles. The minimum Gasteiger partial charge on any atom is -0.289 e. The third kappa shape index (κ3) is 3.79. The third-order valence-corrected chi connectivity index (χ3v) is 3.65. The molecule has 0 atom stereocenters. The van der Waals surface area contributed by atoms with Gasteiger partial charge in [-0.15, -0.1) is 11.8 Å². The van der Waals surface area contributed by atoms with Gasteiger partial charge in [0.2, 0.25) is 0 Å². The van der Waals surface area contributed by atoms with Gasteiger partial charge in [-0.2, -0.15) is 0 Å². The van der Waals surface area contributed by atoms with E-state index in [0.29, 0.717) is 0 Å². The van der Waals surface area contributed by atoms with Crippen molar-refractivity contribution in [1.29, 1.82) is 0 Å². The zero-order valence-corrected chi connectivity index (χ0v) is 12.2. The number of hydrogen-bond acceptors (Lipinski definition) is 4. The number of hydrogen-bond donors (Lipinski definition) is 0. The quantitative estimate of drug-likeness (QED) is 0.273. The van der Waals surface area contributed by atoms with Crippen molar-refractivity contribution >= 4 is 29.3 Å². The number of carbonyl (C=O) groups is 1. The second-order valence-corrected chi connectivity index (χ2v) is 5.12. The lowest BCUT2D eigenvalue weighted by Gasteiger charge is -1.99. The molecule has 0 saturated heterocycles. The highest BCUT2D eigenvalue weighted by atomic mass is 32.2. The summed E-state index contributed by atoms with van der Waals surface area (Å²) in [5.74, 6) is -0.378. The van der Waals surface area contributed by atoms with Gasteiger partial charge in [0.05, 0.1) is 10.5 Å². The molecule has 4 nitrogen and oxygen atoms in total. The fourth-order valence-corrected chi connectivity index (χ4v) is 2.23. The monoisotopic (exact) mass is 299 g/mol. The van der Waals surface area contributed by atoms with Crippen molar-refractivity contribution in [3.8, 4) is 0 Å². The average Bonchev–Trinajstić information content (AvgIpc) is 2.53. The molecule has 0 heterocycles. The Hall–Kier alpha value is -2.40. The summed E-state index contributed by atoms with van der Waals surface area (Å²) >= 11 is 1.64. The van der Waals surface area contributed by atoms with E-state index in [0.717, 1.165) is 10.5 Å². The van der Waals surface area contributed by atoms with Gasteiger partial charge in [-0.1, -0.05) is 30.3 Å². The molecule has 0 aliphatic carbocycles. The third-order valence-electron chi connectivity index (χ3n) is 2.91. The minimum atomic E-state index is -0.547. The van der Waals surface area contributed by atoms with E-state index >= 15 is 0 Å². The second-order valence-electron chi connectivity index (χ2n) is 4.25. The standard InChI is InChI=1S/C16H13NO3S/c1-21-13-9-6-12(7-10-13)8-11-16(18)14-4-2-3-5-15(14)17(19)20/h2-11H,1H3. The van der Waals surface area contributed by atoms with Crippen molar-refractivity contribution in [3.05, 3.63) is 75.8 Å². The topological polar surface area (TPSA) is 60.2 Å². The molecule has 0 bridgehead atoms. The van der Waals surface area contributed by atoms with Crippen molar-refractivity contribution in [1.82, 2.24) is 0 Å². The maximum atomic E-state index is 12.1. The van der Waals surface area contributed by atoms with E-state index in [1.165, 1.54) is 18.2 Å². The zero-order chi connectivity index (χ0) is 15.2. The first-order chi connectivity index (χ1) is 10.1. The molecule has 0 saturated carbocycles. The lowest BCUT2D eigenvalue weighted by Crippen LogP contribution is -2.00. The molecule has 2 aromatic carbocycles. The van der Waals surface area contributed by atoms with Crippen LogP contribution in [0.5, 0.6) is 0 Å². The number of thioether (sulfide) groups is 1. The highest BCUT2D eigenvalue weighted by molar-refractivity contribution is 7.98. The van der Waals surface area contributed by atoms with Gasteiger partial charge >= 0.3 is 0 Å². The van der Waals surface area contributed by atoms with E-state index in [-0.39, 0.29) is 17.0 Å². The Morgan fingerprint density at radius 1 is 1.14 bits per heavy atom. The van der Waals surface area contributed by atoms with Gasteiger partial charge in [-0.25, -0.2) is 0 Å². The Morgan fingerprint density at radius 3 is 2.43 bits per heavy atom. The fourth-order valence-electron chi connectivity index (χ4n) is 1.82. The van der Waals surface area contributed by atoms with E-state index in [2.05, 4.69) is 0 Å². The van der Waals surface area contributed by atoms with Crippen LogP contribution in [0.2, 0.25) is 0 Å². The molecule has 0 aromatic heterocycles. The van der Waals surface area contributed by atoms with Crippen LogP contribution in [0.3, 0.4) is 0 Å². The van der Waals surface area contributed by atoms with Crippen LogP contribution in [-0.4, -0.2) is 17.0 Å². The maximum absolute atomic E-state index is 12.1. The van der Waals surface area contributed by atoms with Gasteiger partial charge < -0.3 is 0 Å². The van der Waals surface area contributed by atoms with Crippen molar-refractivity contribution in [2.75, 3.05) is 6.26 Å². The normalized spacial score (nSPS) is 10.7. The van der Waals surface area contributed by atoms with Gasteiger partial charge in [-0.3, -0.25) is 14.9 Å². The summed E-state index contributed by atoms with van der Waals surface area (Å²) in [4.78, 5) is 23.6. The Balaban J connectivity index is 2.21. The number of ketones is 1. The van der Waals surface area contributed by atoms with Crippen molar-refractivity contribution in [3.63, 3.8) is 0 Å². The molecule has 0 fully saturated rings. The summed E-state index contributed by atoms with van der Waals surface area (Å²) in [6.07, 6.45) is 5.00. The summed E-state index contributed by atoms with van der Waals surface area (Å²) in [7, 11) is 0. The molecule has 0 unspecified atom stereocenters. The number of rotatable bonds is 5. The van der Waals surface area contributed by atoms with Crippen LogP contribution in [0.25, 0.3) is 6.08 Å². The molecule has 0 amide bonds. The van der Waals surface area contributed by atoms with Gasteiger partial charge in [0.25, 0.3) is 5.69 Å². The zero-order valence-electron chi connectivity index (χ0n) is 11.4. The molecule has 106 valence electrons. The van der Waals surface area contributed by atoms with Gasteiger partial charge in [0.1, 0.15) is 0 Å². The fraction of sp³-hybridized carbons (Fsp3) is 0.0625. The minimum absolute atomic E-state index is 0.0967. The second kappa shape index (κ2) is 6.85. The molecular weight excluding hydrogens is 286 g/mol. The summed E-state index contributed by atoms with van der Waals surface area (Å²) in [6, 6.07) is 13.7. The highest BCUT2D eigenvalue weighted by Gasteiger charge is 2.16. The van der Waals surface area contributed by atoms with Crippen LogP contribution in [0, 0.1) is 10.1 Å². The Kier molecular flexibility index (Phi) is 4.90. The molecule has 0 aliphatic rings. The molecule has 0 radical (unpaired) electrons. The molecule has 0 N–H and O–H groups in total. The Morgan fingerprint density at radius 2 is 1.81 bits per heavy atom. The van der Waals surface area contributed by atoms with E-state index in [1.807, 2.05) is 30.5 Å². The number of nitrogens with zero attached hydrogens (tertiary/aromatic N) is 1.